The summed E-state index contributed by atoms with van der Waals surface area (Å²) < 4.78 is 4.56. The van der Waals surface area contributed by atoms with Crippen molar-refractivity contribution in [2.45, 2.75) is 58.8 Å². The SMILES string of the molecule is C.CCO.[C-]#[N+]CC(O)CC#N.[C-]#[N+]C[C@@H](O)CC(=O)O.[C-]#[N+]C[C@@H](O)CC(=O)OCC. The van der Waals surface area contributed by atoms with E-state index in [1.807, 2.05) is 0 Å². The summed E-state index contributed by atoms with van der Waals surface area (Å²) in [4.78, 5) is 29.1. The average molecular weight is 459 g/mol. The Balaban J connectivity index is -0.000000107. The lowest BCUT2D eigenvalue weighted by atomic mass is 10.2. The molecule has 32 heavy (non-hydrogen) atoms. The lowest BCUT2D eigenvalue weighted by Crippen LogP contribution is -2.17. The minimum Gasteiger partial charge on any atom is -0.481 e. The second kappa shape index (κ2) is 32.4. The second-order valence-electron chi connectivity index (χ2n) is 5.27. The third-order valence-corrected chi connectivity index (χ3v) is 2.35. The molecule has 5 N–H and O–H groups in total. The number of carbonyl (C=O) groups excluding carboxylic acids is 1. The fourth-order valence-electron chi connectivity index (χ4n) is 1.23. The van der Waals surface area contributed by atoms with Crippen LogP contribution in [0.3, 0.4) is 0 Å². The molecule has 0 heterocycles. The maximum absolute atomic E-state index is 10.6. The van der Waals surface area contributed by atoms with Gasteiger partial charge in [-0.3, -0.25) is 9.59 Å². The van der Waals surface area contributed by atoms with E-state index in [-0.39, 0.29) is 52.9 Å². The number of esters is 1. The van der Waals surface area contributed by atoms with Crippen LogP contribution >= 0.6 is 0 Å². The van der Waals surface area contributed by atoms with Gasteiger partial charge in [-0.25, -0.2) is 19.7 Å². The largest absolute Gasteiger partial charge is 0.481 e. The number of hydrogen-bond acceptors (Lipinski definition) is 8. The number of aliphatic carboxylic acids is 1. The number of carboxylic acids is 1. The number of carbonyl (C=O) groups is 2. The molecular weight excluding hydrogens is 424 g/mol. The predicted octanol–water partition coefficient (Wildman–Crippen LogP) is 0.776. The minimum atomic E-state index is -1.08. The first-order valence-electron chi connectivity index (χ1n) is 8.98. The van der Waals surface area contributed by atoms with Gasteiger partial charge < -0.3 is 44.8 Å². The maximum atomic E-state index is 10.6. The van der Waals surface area contributed by atoms with Crippen LogP contribution in [0.4, 0.5) is 0 Å². The van der Waals surface area contributed by atoms with Gasteiger partial charge in [-0.15, -0.1) is 0 Å². The fraction of sp³-hybridized carbons (Fsp3) is 0.700. The Kier molecular flexibility index (Phi) is 39.7. The Bertz CT molecular complexity index is 601. The lowest BCUT2D eigenvalue weighted by Gasteiger charge is -2.02. The molecule has 0 aliphatic carbocycles. The van der Waals surface area contributed by atoms with Crippen molar-refractivity contribution >= 4 is 11.9 Å². The molecule has 3 atom stereocenters. The molecule has 0 aromatic rings. The number of aliphatic hydroxyl groups excluding tert-OH is 4. The van der Waals surface area contributed by atoms with E-state index in [0.717, 1.165) is 0 Å². The van der Waals surface area contributed by atoms with E-state index in [4.69, 9.17) is 50.5 Å². The molecule has 0 rings (SSSR count). The number of carboxylic acid groups (broad SMARTS) is 1. The third-order valence-electron chi connectivity index (χ3n) is 2.35. The van der Waals surface area contributed by atoms with Crippen LogP contribution in [0.25, 0.3) is 14.5 Å². The molecule has 0 aliphatic rings. The molecule has 0 aliphatic heterocycles. The number of hydrogen-bond donors (Lipinski definition) is 5. The molecule has 0 aromatic carbocycles. The molecule has 12 nitrogen and oxygen atoms in total. The Morgan fingerprint density at radius 3 is 1.62 bits per heavy atom. The summed E-state index contributed by atoms with van der Waals surface area (Å²) >= 11 is 0. The smallest absolute Gasteiger partial charge is 0.308 e. The molecule has 0 bridgehead atoms. The first kappa shape index (κ1) is 39.2. The molecule has 0 fully saturated rings. The molecule has 0 saturated heterocycles. The van der Waals surface area contributed by atoms with Crippen LogP contribution in [0, 0.1) is 31.0 Å². The van der Waals surface area contributed by atoms with Crippen molar-refractivity contribution in [2.24, 2.45) is 0 Å². The standard InChI is InChI=1S/C7H11NO3.C5H6N2O.C5H7NO3.C2H6O.CH4/c1-3-11-7(10)4-6(9)5-8-2;1-7-4-5(8)2-3-6;1-6-3-4(7)2-5(8)9;1-2-3;/h6,9H,3-5H2,1H3;5,8H,2,4H2;4,7H,2-3H2,(H,8,9);3H,2H2,1H3;1H4/t6-;;4-;;/m0.0../s1. The van der Waals surface area contributed by atoms with E-state index in [1.54, 1.807) is 19.9 Å². The fourth-order valence-corrected chi connectivity index (χ4v) is 1.23. The van der Waals surface area contributed by atoms with E-state index in [9.17, 15) is 9.59 Å². The predicted molar refractivity (Wildman–Crippen MR) is 116 cm³/mol. The van der Waals surface area contributed by atoms with Crippen LogP contribution in [0.5, 0.6) is 0 Å². The van der Waals surface area contributed by atoms with Crippen molar-refractivity contribution in [3.8, 4) is 6.07 Å². The van der Waals surface area contributed by atoms with Crippen LogP contribution < -0.4 is 0 Å². The summed E-state index contributed by atoms with van der Waals surface area (Å²) in [6.07, 6.45) is -3.02. The minimum absolute atomic E-state index is 0. The van der Waals surface area contributed by atoms with Crippen LogP contribution in [-0.2, 0) is 14.3 Å². The quantitative estimate of drug-likeness (QED) is 0.246. The molecule has 0 radical (unpaired) electrons. The maximum Gasteiger partial charge on any atom is 0.308 e. The Morgan fingerprint density at radius 1 is 0.938 bits per heavy atom. The topological polar surface area (TPSA) is 181 Å². The zero-order valence-corrected chi connectivity index (χ0v) is 17.6. The second-order valence-corrected chi connectivity index (χ2v) is 5.27. The summed E-state index contributed by atoms with van der Waals surface area (Å²) in [7, 11) is 0. The summed E-state index contributed by atoms with van der Waals surface area (Å²) in [6, 6.07) is 1.76. The van der Waals surface area contributed by atoms with Gasteiger partial charge in [0.15, 0.2) is 0 Å². The van der Waals surface area contributed by atoms with Gasteiger partial charge in [0.2, 0.25) is 19.6 Å². The van der Waals surface area contributed by atoms with E-state index < -0.39 is 30.3 Å². The zero-order chi connectivity index (χ0) is 25.1. The molecule has 0 amide bonds. The van der Waals surface area contributed by atoms with Crippen LogP contribution in [-0.4, -0.2) is 88.6 Å². The monoisotopic (exact) mass is 458 g/mol. The number of rotatable bonds is 9. The first-order chi connectivity index (χ1) is 14.6. The van der Waals surface area contributed by atoms with E-state index in [1.165, 1.54) is 0 Å². The summed E-state index contributed by atoms with van der Waals surface area (Å²) in [6.45, 7) is 22.7. The highest BCUT2D eigenvalue weighted by molar-refractivity contribution is 5.69. The van der Waals surface area contributed by atoms with Gasteiger partial charge >= 0.3 is 11.9 Å². The summed E-state index contributed by atoms with van der Waals surface area (Å²) in [5, 5.41) is 49.7. The van der Waals surface area contributed by atoms with Crippen LogP contribution in [0.15, 0.2) is 0 Å². The van der Waals surface area contributed by atoms with Crippen molar-refractivity contribution in [2.75, 3.05) is 32.8 Å². The molecular formula is C20H34N4O8. The van der Waals surface area contributed by atoms with E-state index in [2.05, 4.69) is 19.3 Å². The van der Waals surface area contributed by atoms with Crippen molar-refractivity contribution in [3.63, 3.8) is 0 Å². The molecule has 0 saturated carbocycles. The Morgan fingerprint density at radius 2 is 1.31 bits per heavy atom. The normalized spacial score (nSPS) is 10.8. The Hall–Kier alpha value is -3.26. The van der Waals surface area contributed by atoms with Gasteiger partial charge in [0, 0.05) is 6.61 Å². The first-order valence-corrected chi connectivity index (χ1v) is 8.98. The Labute approximate surface area is 189 Å². The molecule has 1 unspecified atom stereocenters. The van der Waals surface area contributed by atoms with Gasteiger partial charge in [-0.05, 0) is 13.8 Å². The molecule has 12 heteroatoms. The summed E-state index contributed by atoms with van der Waals surface area (Å²) in [5.41, 5.74) is 0. The van der Waals surface area contributed by atoms with Gasteiger partial charge in [0.25, 0.3) is 0 Å². The zero-order valence-electron chi connectivity index (χ0n) is 17.6. The number of aliphatic hydroxyl groups is 4. The van der Waals surface area contributed by atoms with Gasteiger partial charge in [-0.1, -0.05) is 7.43 Å². The lowest BCUT2D eigenvalue weighted by molar-refractivity contribution is -0.145. The highest BCUT2D eigenvalue weighted by Crippen LogP contribution is 1.95. The van der Waals surface area contributed by atoms with E-state index in [0.29, 0.717) is 6.61 Å². The average Bonchev–Trinajstić information content (AvgIpc) is 2.64. The number of ether oxygens (including phenoxy) is 1. The molecule has 0 spiro atoms. The van der Waals surface area contributed by atoms with Crippen molar-refractivity contribution in [1.29, 1.82) is 5.26 Å². The van der Waals surface area contributed by atoms with Crippen molar-refractivity contribution < 1.29 is 39.9 Å². The van der Waals surface area contributed by atoms with Gasteiger partial charge in [0.05, 0.1) is 31.9 Å². The van der Waals surface area contributed by atoms with Crippen LogP contribution in [0.2, 0.25) is 0 Å². The van der Waals surface area contributed by atoms with Crippen molar-refractivity contribution in [3.05, 3.63) is 34.3 Å². The van der Waals surface area contributed by atoms with Crippen molar-refractivity contribution in [1.82, 2.24) is 0 Å². The summed E-state index contributed by atoms with van der Waals surface area (Å²) in [5.74, 6) is -1.53. The number of nitriles is 1. The van der Waals surface area contributed by atoms with Gasteiger partial charge in [0.1, 0.15) is 18.3 Å². The van der Waals surface area contributed by atoms with Gasteiger partial charge in [-0.2, -0.15) is 5.26 Å². The molecule has 0 aromatic heterocycles. The molecule has 182 valence electrons. The van der Waals surface area contributed by atoms with E-state index >= 15 is 0 Å². The highest BCUT2D eigenvalue weighted by atomic mass is 16.5. The highest BCUT2D eigenvalue weighted by Gasteiger charge is 2.13. The number of nitrogens with zero attached hydrogens (tertiary/aromatic N) is 4. The third kappa shape index (κ3) is 45.5. The van der Waals surface area contributed by atoms with Crippen LogP contribution in [0.1, 0.15) is 40.5 Å².